The first kappa shape index (κ1) is 26.1. The molecule has 3 heterocycles. The molecule has 1 saturated heterocycles. The van der Waals surface area contributed by atoms with Crippen molar-refractivity contribution in [3.8, 4) is 5.69 Å². The molecule has 10 heteroatoms. The minimum absolute atomic E-state index is 0.0317. The molecule has 0 radical (unpaired) electrons. The summed E-state index contributed by atoms with van der Waals surface area (Å²) in [5.74, 6) is -0.173. The van der Waals surface area contributed by atoms with Crippen molar-refractivity contribution >= 4 is 40.3 Å². The van der Waals surface area contributed by atoms with Crippen LogP contribution in [-0.2, 0) is 4.79 Å². The van der Waals surface area contributed by atoms with Gasteiger partial charge in [0.1, 0.15) is 6.04 Å². The Hall–Kier alpha value is -4.57. The normalized spacial score (nSPS) is 16.8. The summed E-state index contributed by atoms with van der Waals surface area (Å²) >= 11 is 5.87. The zero-order valence-corrected chi connectivity index (χ0v) is 22.6. The number of nitro groups is 1. The van der Waals surface area contributed by atoms with Gasteiger partial charge in [0.25, 0.3) is 5.69 Å². The number of non-ortho nitro benzene ring substituents is 1. The highest BCUT2D eigenvalue weighted by Gasteiger charge is 2.42. The molecule has 39 heavy (non-hydrogen) atoms. The van der Waals surface area contributed by atoms with E-state index in [1.807, 2.05) is 80.1 Å². The van der Waals surface area contributed by atoms with E-state index in [-0.39, 0.29) is 29.6 Å². The lowest BCUT2D eigenvalue weighted by Gasteiger charge is -2.29. The van der Waals surface area contributed by atoms with Gasteiger partial charge in [-0.15, -0.1) is 0 Å². The van der Waals surface area contributed by atoms with Crippen LogP contribution >= 0.6 is 12.2 Å². The number of hydrogen-bond donors (Lipinski definition) is 2. The number of rotatable bonds is 7. The van der Waals surface area contributed by atoms with Crippen molar-refractivity contribution < 1.29 is 9.72 Å². The maximum Gasteiger partial charge on any atom is 0.269 e. The zero-order valence-electron chi connectivity index (χ0n) is 21.7. The summed E-state index contributed by atoms with van der Waals surface area (Å²) < 4.78 is 2.01. The number of carbonyl (C=O) groups excluding carboxylic acids is 1. The number of pyridine rings is 1. The van der Waals surface area contributed by atoms with Gasteiger partial charge >= 0.3 is 0 Å². The van der Waals surface area contributed by atoms with Gasteiger partial charge in [-0.25, -0.2) is 0 Å². The van der Waals surface area contributed by atoms with Crippen LogP contribution in [0.5, 0.6) is 0 Å². The first-order valence-electron chi connectivity index (χ1n) is 12.6. The van der Waals surface area contributed by atoms with E-state index in [4.69, 9.17) is 12.2 Å². The molecule has 2 aromatic carbocycles. The Labute approximate surface area is 231 Å². The van der Waals surface area contributed by atoms with Gasteiger partial charge in [-0.2, -0.15) is 0 Å². The van der Waals surface area contributed by atoms with Crippen LogP contribution in [0.2, 0.25) is 0 Å². The SMILES string of the molecule is Cc1cc(N2C(=S)N[C@H](c3ccccn3)[C@@H]2c2cccn2-c2ccc([N+](=O)[O-])cc2)ccc1NC(=O)C(C)C. The number of benzene rings is 2. The summed E-state index contributed by atoms with van der Waals surface area (Å²) in [5, 5.41) is 18.2. The fraction of sp³-hybridized carbons (Fsp3) is 0.207. The Morgan fingerprint density at radius 1 is 1.08 bits per heavy atom. The quantitative estimate of drug-likeness (QED) is 0.172. The monoisotopic (exact) mass is 540 g/mol. The van der Waals surface area contributed by atoms with Crippen LogP contribution in [0.25, 0.3) is 5.69 Å². The van der Waals surface area contributed by atoms with Crippen molar-refractivity contribution in [3.63, 3.8) is 0 Å². The van der Waals surface area contributed by atoms with Gasteiger partial charge in [-0.3, -0.25) is 19.9 Å². The van der Waals surface area contributed by atoms with E-state index in [2.05, 4.69) is 20.5 Å². The Kier molecular flexibility index (Phi) is 7.12. The van der Waals surface area contributed by atoms with Gasteiger partial charge < -0.3 is 20.1 Å². The molecule has 0 aliphatic carbocycles. The number of aryl methyl sites for hydroxylation is 1. The third-order valence-electron chi connectivity index (χ3n) is 6.79. The number of nitrogens with one attached hydrogen (secondary N) is 2. The maximum atomic E-state index is 12.3. The molecule has 1 fully saturated rings. The average Bonchev–Trinajstić information content (AvgIpc) is 3.54. The Morgan fingerprint density at radius 3 is 2.46 bits per heavy atom. The minimum atomic E-state index is -0.409. The summed E-state index contributed by atoms with van der Waals surface area (Å²) in [6.45, 7) is 5.67. The lowest BCUT2D eigenvalue weighted by Crippen LogP contribution is -2.30. The fourth-order valence-corrected chi connectivity index (χ4v) is 5.10. The fourth-order valence-electron chi connectivity index (χ4n) is 4.75. The van der Waals surface area contributed by atoms with Crippen LogP contribution < -0.4 is 15.5 Å². The first-order valence-corrected chi connectivity index (χ1v) is 13.0. The van der Waals surface area contributed by atoms with Crippen LogP contribution in [0, 0.1) is 23.0 Å². The second-order valence-electron chi connectivity index (χ2n) is 9.72. The van der Waals surface area contributed by atoms with Crippen molar-refractivity contribution in [2.75, 3.05) is 10.2 Å². The molecule has 2 atom stereocenters. The van der Waals surface area contributed by atoms with Gasteiger partial charge in [0.2, 0.25) is 5.91 Å². The van der Waals surface area contributed by atoms with Crippen LogP contribution in [0.4, 0.5) is 17.1 Å². The summed E-state index contributed by atoms with van der Waals surface area (Å²) in [7, 11) is 0. The predicted molar refractivity (Wildman–Crippen MR) is 155 cm³/mol. The van der Waals surface area contributed by atoms with Crippen LogP contribution in [0.15, 0.2) is 85.2 Å². The Bertz CT molecular complexity index is 1530. The van der Waals surface area contributed by atoms with Gasteiger partial charge in [0.05, 0.1) is 16.7 Å². The van der Waals surface area contributed by atoms with E-state index in [0.717, 1.165) is 34.0 Å². The molecule has 5 rings (SSSR count). The molecule has 0 saturated carbocycles. The highest BCUT2D eigenvalue weighted by atomic mass is 32.1. The standard InChI is InChI=1S/C29H28N6O3S/c1-18(2)28(36)31-23-14-13-22(17-19(23)3)34-27(26(32-29(34)39)24-7-4-5-15-30-24)25-8-6-16-33(25)20-9-11-21(12-10-20)35(37)38/h4-18,26-27H,1-3H3,(H,31,36)(H,32,39)/t26-,27+/m1/s1. The van der Waals surface area contributed by atoms with Crippen LogP contribution in [0.3, 0.4) is 0 Å². The van der Waals surface area contributed by atoms with Crippen molar-refractivity contribution in [1.82, 2.24) is 14.9 Å². The number of nitro benzene ring substituents is 1. The molecule has 2 N–H and O–H groups in total. The van der Waals surface area contributed by atoms with Crippen LogP contribution in [0.1, 0.15) is 42.9 Å². The van der Waals surface area contributed by atoms with E-state index < -0.39 is 4.92 Å². The summed E-state index contributed by atoms with van der Waals surface area (Å²) in [5.41, 5.74) is 5.12. The molecule has 1 aliphatic rings. The first-order chi connectivity index (χ1) is 18.7. The van der Waals surface area contributed by atoms with Crippen molar-refractivity contribution in [1.29, 1.82) is 0 Å². The van der Waals surface area contributed by atoms with E-state index >= 15 is 0 Å². The molecule has 1 amide bonds. The number of thiocarbonyl (C=S) groups is 1. The maximum absolute atomic E-state index is 12.3. The molecule has 0 unspecified atom stereocenters. The summed E-state index contributed by atoms with van der Waals surface area (Å²) in [6, 6.07) is 21.5. The predicted octanol–water partition coefficient (Wildman–Crippen LogP) is 5.86. The molecule has 1 aliphatic heterocycles. The van der Waals surface area contributed by atoms with Crippen molar-refractivity contribution in [2.45, 2.75) is 32.9 Å². The van der Waals surface area contributed by atoms with E-state index in [0.29, 0.717) is 5.11 Å². The van der Waals surface area contributed by atoms with E-state index in [1.54, 1.807) is 18.3 Å². The molecular formula is C29H28N6O3S. The average molecular weight is 541 g/mol. The highest BCUT2D eigenvalue weighted by molar-refractivity contribution is 7.80. The second-order valence-corrected chi connectivity index (χ2v) is 10.1. The summed E-state index contributed by atoms with van der Waals surface area (Å²) in [6.07, 6.45) is 3.69. The van der Waals surface area contributed by atoms with Crippen molar-refractivity contribution in [2.24, 2.45) is 5.92 Å². The summed E-state index contributed by atoms with van der Waals surface area (Å²) in [4.78, 5) is 29.8. The number of hydrogen-bond acceptors (Lipinski definition) is 5. The van der Waals surface area contributed by atoms with Crippen LogP contribution in [-0.4, -0.2) is 25.5 Å². The number of anilines is 2. The number of carbonyl (C=O) groups is 1. The molecule has 0 bridgehead atoms. The Balaban J connectivity index is 1.59. The van der Waals surface area contributed by atoms with Gasteiger partial charge in [0.15, 0.2) is 5.11 Å². The third-order valence-corrected chi connectivity index (χ3v) is 7.11. The lowest BCUT2D eigenvalue weighted by atomic mass is 10.00. The zero-order chi connectivity index (χ0) is 27.7. The minimum Gasteiger partial charge on any atom is -0.351 e. The molecule has 9 nitrogen and oxygen atoms in total. The van der Waals surface area contributed by atoms with Crippen molar-refractivity contribution in [3.05, 3.63) is 112 Å². The van der Waals surface area contributed by atoms with E-state index in [9.17, 15) is 14.9 Å². The highest BCUT2D eigenvalue weighted by Crippen LogP contribution is 2.43. The topological polar surface area (TPSA) is 105 Å². The molecule has 4 aromatic rings. The third kappa shape index (κ3) is 5.10. The number of amides is 1. The van der Waals surface area contributed by atoms with Gasteiger partial charge in [-0.05, 0) is 79.3 Å². The van der Waals surface area contributed by atoms with Gasteiger partial charge in [-0.1, -0.05) is 19.9 Å². The van der Waals surface area contributed by atoms with E-state index in [1.165, 1.54) is 12.1 Å². The largest absolute Gasteiger partial charge is 0.351 e. The number of nitrogens with zero attached hydrogens (tertiary/aromatic N) is 4. The Morgan fingerprint density at radius 2 is 1.82 bits per heavy atom. The molecule has 0 spiro atoms. The number of aromatic nitrogens is 2. The second kappa shape index (κ2) is 10.7. The molecule has 198 valence electrons. The van der Waals surface area contributed by atoms with Gasteiger partial charge in [0, 0.05) is 53.2 Å². The lowest BCUT2D eigenvalue weighted by molar-refractivity contribution is -0.384. The molecular weight excluding hydrogens is 512 g/mol. The smallest absolute Gasteiger partial charge is 0.269 e. The molecule has 2 aromatic heterocycles.